The summed E-state index contributed by atoms with van der Waals surface area (Å²) in [5.74, 6) is 2.44. The molecule has 1 aromatic heterocycles. The van der Waals surface area contributed by atoms with Crippen molar-refractivity contribution >= 4 is 16.9 Å². The molecule has 6 nitrogen and oxygen atoms in total. The summed E-state index contributed by atoms with van der Waals surface area (Å²) in [5.41, 5.74) is 0.924. The predicted molar refractivity (Wildman–Crippen MR) is 115 cm³/mol. The second-order valence-electron chi connectivity index (χ2n) is 7.55. The molecule has 6 heteroatoms. The van der Waals surface area contributed by atoms with Gasteiger partial charge in [-0.15, -0.1) is 0 Å². The molecule has 1 fully saturated rings. The zero-order chi connectivity index (χ0) is 19.8. The summed E-state index contributed by atoms with van der Waals surface area (Å²) in [6, 6.07) is 10.3. The Morgan fingerprint density at radius 3 is 2.82 bits per heavy atom. The van der Waals surface area contributed by atoms with Crippen LogP contribution in [0.25, 0.3) is 11.0 Å². The Balaban J connectivity index is 1.54. The molecule has 1 saturated heterocycles. The van der Waals surface area contributed by atoms with Crippen LogP contribution in [-0.2, 0) is 4.74 Å². The van der Waals surface area contributed by atoms with Crippen LogP contribution in [0.15, 0.2) is 39.7 Å². The molecule has 1 aliphatic heterocycles. The standard InChI is InChI=1S/C22H34N4O2/c1-4-23-22(24-16-18-9-11-26(12-10-18)13-14-27-3)25-17(2)21-15-19-7-5-6-8-20(19)28-21/h5-8,15,17-18H,4,9-14,16H2,1-3H3,(H2,23,24,25). The van der Waals surface area contributed by atoms with Crippen molar-refractivity contribution in [3.63, 3.8) is 0 Å². The van der Waals surface area contributed by atoms with E-state index in [0.717, 1.165) is 62.0 Å². The first-order valence-corrected chi connectivity index (χ1v) is 10.4. The average molecular weight is 387 g/mol. The lowest BCUT2D eigenvalue weighted by Crippen LogP contribution is -2.40. The number of aliphatic imine (C=N–C) groups is 1. The van der Waals surface area contributed by atoms with Crippen LogP contribution in [0.3, 0.4) is 0 Å². The summed E-state index contributed by atoms with van der Waals surface area (Å²) in [7, 11) is 1.77. The predicted octanol–water partition coefficient (Wildman–Crippen LogP) is 3.41. The Hall–Kier alpha value is -2.05. The monoisotopic (exact) mass is 386 g/mol. The maximum Gasteiger partial charge on any atom is 0.191 e. The quantitative estimate of drug-likeness (QED) is 0.538. The lowest BCUT2D eigenvalue weighted by atomic mass is 9.97. The number of benzene rings is 1. The molecule has 0 amide bonds. The third kappa shape index (κ3) is 5.72. The Morgan fingerprint density at radius 2 is 2.11 bits per heavy atom. The van der Waals surface area contributed by atoms with Gasteiger partial charge in [0.25, 0.3) is 0 Å². The number of likely N-dealkylation sites (tertiary alicyclic amines) is 1. The number of hydrogen-bond donors (Lipinski definition) is 2. The molecule has 1 atom stereocenters. The lowest BCUT2D eigenvalue weighted by Gasteiger charge is -2.31. The number of fused-ring (bicyclic) bond motifs is 1. The number of guanidine groups is 1. The zero-order valence-corrected chi connectivity index (χ0v) is 17.4. The van der Waals surface area contributed by atoms with Crippen molar-refractivity contribution in [2.45, 2.75) is 32.7 Å². The van der Waals surface area contributed by atoms with E-state index in [9.17, 15) is 0 Å². The Morgan fingerprint density at radius 1 is 1.32 bits per heavy atom. The first-order chi connectivity index (χ1) is 13.7. The van der Waals surface area contributed by atoms with Gasteiger partial charge in [0.2, 0.25) is 0 Å². The normalized spacial score (nSPS) is 17.8. The molecule has 0 saturated carbocycles. The minimum Gasteiger partial charge on any atom is -0.459 e. The number of methoxy groups -OCH3 is 1. The topological polar surface area (TPSA) is 62.0 Å². The first-order valence-electron chi connectivity index (χ1n) is 10.4. The van der Waals surface area contributed by atoms with E-state index in [2.05, 4.69) is 41.5 Å². The molecule has 0 radical (unpaired) electrons. The molecule has 2 aromatic rings. The van der Waals surface area contributed by atoms with Gasteiger partial charge in [0.1, 0.15) is 11.3 Å². The number of furan rings is 1. The highest BCUT2D eigenvalue weighted by Crippen LogP contribution is 2.23. The van der Waals surface area contributed by atoms with Crippen molar-refractivity contribution in [1.29, 1.82) is 0 Å². The molecule has 1 aromatic carbocycles. The number of nitrogens with zero attached hydrogens (tertiary/aromatic N) is 2. The average Bonchev–Trinajstić information content (AvgIpc) is 3.16. The van der Waals surface area contributed by atoms with E-state index < -0.39 is 0 Å². The Kier molecular flexibility index (Phi) is 7.74. The highest BCUT2D eigenvalue weighted by atomic mass is 16.5. The van der Waals surface area contributed by atoms with Crippen LogP contribution in [-0.4, -0.2) is 57.3 Å². The van der Waals surface area contributed by atoms with Gasteiger partial charge < -0.3 is 24.7 Å². The number of ether oxygens (including phenoxy) is 1. The highest BCUT2D eigenvalue weighted by Gasteiger charge is 2.19. The van der Waals surface area contributed by atoms with Crippen molar-refractivity contribution < 1.29 is 9.15 Å². The lowest BCUT2D eigenvalue weighted by molar-refractivity contribution is 0.121. The molecule has 1 aliphatic rings. The van der Waals surface area contributed by atoms with Crippen LogP contribution in [0.4, 0.5) is 0 Å². The second-order valence-corrected chi connectivity index (χ2v) is 7.55. The van der Waals surface area contributed by atoms with E-state index in [4.69, 9.17) is 14.1 Å². The largest absolute Gasteiger partial charge is 0.459 e. The highest BCUT2D eigenvalue weighted by molar-refractivity contribution is 5.81. The van der Waals surface area contributed by atoms with Crippen LogP contribution in [0.5, 0.6) is 0 Å². The molecule has 2 heterocycles. The van der Waals surface area contributed by atoms with E-state index in [1.165, 1.54) is 12.8 Å². The molecular formula is C22H34N4O2. The second kappa shape index (κ2) is 10.5. The molecule has 154 valence electrons. The molecule has 0 spiro atoms. The molecule has 28 heavy (non-hydrogen) atoms. The van der Waals surface area contributed by atoms with E-state index in [0.29, 0.717) is 5.92 Å². The van der Waals surface area contributed by atoms with Gasteiger partial charge in [-0.1, -0.05) is 18.2 Å². The summed E-state index contributed by atoms with van der Waals surface area (Å²) < 4.78 is 11.2. The van der Waals surface area contributed by atoms with Gasteiger partial charge in [-0.25, -0.2) is 0 Å². The Bertz CT molecular complexity index is 717. The number of para-hydroxylation sites is 1. The molecule has 1 unspecified atom stereocenters. The van der Waals surface area contributed by atoms with Crippen molar-refractivity contribution in [2.24, 2.45) is 10.9 Å². The third-order valence-electron chi connectivity index (χ3n) is 5.40. The number of rotatable bonds is 8. The molecule has 3 rings (SSSR count). The van der Waals surface area contributed by atoms with Gasteiger partial charge in [-0.05, 0) is 57.8 Å². The number of nitrogens with one attached hydrogen (secondary N) is 2. The molecule has 0 aliphatic carbocycles. The fourth-order valence-corrected chi connectivity index (χ4v) is 3.65. The van der Waals surface area contributed by atoms with Crippen molar-refractivity contribution in [2.75, 3.05) is 46.4 Å². The van der Waals surface area contributed by atoms with Gasteiger partial charge in [0, 0.05) is 32.1 Å². The van der Waals surface area contributed by atoms with E-state index in [1.54, 1.807) is 7.11 Å². The van der Waals surface area contributed by atoms with Crippen molar-refractivity contribution in [3.05, 3.63) is 36.1 Å². The van der Waals surface area contributed by atoms with Gasteiger partial charge in [0.05, 0.1) is 12.6 Å². The molecule has 0 bridgehead atoms. The van der Waals surface area contributed by atoms with Crippen molar-refractivity contribution in [3.8, 4) is 0 Å². The van der Waals surface area contributed by atoms with Crippen LogP contribution in [0.1, 0.15) is 38.5 Å². The fourth-order valence-electron chi connectivity index (χ4n) is 3.65. The third-order valence-corrected chi connectivity index (χ3v) is 5.40. The SMILES string of the molecule is CCNC(=NCC1CCN(CCOC)CC1)NC(C)c1cc2ccccc2o1. The van der Waals surface area contributed by atoms with Crippen LogP contribution < -0.4 is 10.6 Å². The smallest absolute Gasteiger partial charge is 0.191 e. The summed E-state index contributed by atoms with van der Waals surface area (Å²) in [5, 5.41) is 7.99. The van der Waals surface area contributed by atoms with Gasteiger partial charge in [0.15, 0.2) is 5.96 Å². The van der Waals surface area contributed by atoms with Gasteiger partial charge >= 0.3 is 0 Å². The molecular weight excluding hydrogens is 352 g/mol. The number of piperidine rings is 1. The summed E-state index contributed by atoms with van der Waals surface area (Å²) >= 11 is 0. The van der Waals surface area contributed by atoms with Crippen LogP contribution in [0, 0.1) is 5.92 Å². The van der Waals surface area contributed by atoms with E-state index >= 15 is 0 Å². The fraction of sp³-hybridized carbons (Fsp3) is 0.591. The summed E-state index contributed by atoms with van der Waals surface area (Å²) in [6.45, 7) is 10.0. The van der Waals surface area contributed by atoms with E-state index in [1.807, 2.05) is 18.2 Å². The zero-order valence-electron chi connectivity index (χ0n) is 17.4. The number of hydrogen-bond acceptors (Lipinski definition) is 4. The minimum atomic E-state index is 0.0566. The first kappa shape index (κ1) is 20.7. The van der Waals surface area contributed by atoms with Crippen molar-refractivity contribution in [1.82, 2.24) is 15.5 Å². The maximum absolute atomic E-state index is 5.99. The Labute approximate surface area is 168 Å². The summed E-state index contributed by atoms with van der Waals surface area (Å²) in [4.78, 5) is 7.34. The summed E-state index contributed by atoms with van der Waals surface area (Å²) in [6.07, 6.45) is 2.40. The van der Waals surface area contributed by atoms with Crippen LogP contribution >= 0.6 is 0 Å². The van der Waals surface area contributed by atoms with Crippen LogP contribution in [0.2, 0.25) is 0 Å². The van der Waals surface area contributed by atoms with Gasteiger partial charge in [-0.2, -0.15) is 0 Å². The molecule has 2 N–H and O–H groups in total. The van der Waals surface area contributed by atoms with Gasteiger partial charge in [-0.3, -0.25) is 4.99 Å². The minimum absolute atomic E-state index is 0.0566. The maximum atomic E-state index is 5.99. The van der Waals surface area contributed by atoms with E-state index in [-0.39, 0.29) is 6.04 Å².